The summed E-state index contributed by atoms with van der Waals surface area (Å²) in [7, 11) is 0. The number of para-hydroxylation sites is 1. The minimum Gasteiger partial charge on any atom is -0.392 e. The van der Waals surface area contributed by atoms with Gasteiger partial charge < -0.3 is 9.67 Å². The van der Waals surface area contributed by atoms with E-state index in [9.17, 15) is 5.11 Å². The molecule has 1 N–H and O–H groups in total. The van der Waals surface area contributed by atoms with Crippen LogP contribution in [0.25, 0.3) is 10.9 Å². The normalized spacial score (nSPS) is 17.4. The second-order valence-electron chi connectivity index (χ2n) is 5.49. The smallest absolute Gasteiger partial charge is 0.0702 e. The highest BCUT2D eigenvalue weighted by molar-refractivity contribution is 5.83. The molecule has 0 unspecified atom stereocenters. The van der Waals surface area contributed by atoms with Gasteiger partial charge in [-0.1, -0.05) is 37.5 Å². The van der Waals surface area contributed by atoms with E-state index in [4.69, 9.17) is 0 Å². The van der Waals surface area contributed by atoms with Crippen molar-refractivity contribution in [2.45, 2.75) is 45.3 Å². The van der Waals surface area contributed by atoms with Crippen LogP contribution in [-0.4, -0.2) is 9.67 Å². The predicted octanol–water partition coefficient (Wildman–Crippen LogP) is 3.71. The van der Waals surface area contributed by atoms with E-state index in [0.717, 1.165) is 18.0 Å². The third kappa shape index (κ3) is 2.17. The summed E-state index contributed by atoms with van der Waals surface area (Å²) in [6, 6.07) is 8.35. The molecule has 1 aromatic heterocycles. The first-order chi connectivity index (χ1) is 8.88. The molecule has 2 nitrogen and oxygen atoms in total. The van der Waals surface area contributed by atoms with E-state index >= 15 is 0 Å². The molecule has 0 radical (unpaired) electrons. The minimum absolute atomic E-state index is 0.131. The molecule has 1 heterocycles. The molecule has 2 heteroatoms. The Morgan fingerprint density at radius 3 is 2.72 bits per heavy atom. The van der Waals surface area contributed by atoms with Crippen molar-refractivity contribution in [2.75, 3.05) is 0 Å². The van der Waals surface area contributed by atoms with E-state index in [0.29, 0.717) is 0 Å². The molecule has 0 amide bonds. The van der Waals surface area contributed by atoms with E-state index in [1.165, 1.54) is 43.0 Å². The monoisotopic (exact) mass is 243 g/mol. The van der Waals surface area contributed by atoms with E-state index in [1.807, 2.05) is 12.1 Å². The lowest BCUT2D eigenvalue weighted by Gasteiger charge is -2.22. The van der Waals surface area contributed by atoms with Gasteiger partial charge in [-0.2, -0.15) is 0 Å². The van der Waals surface area contributed by atoms with E-state index in [-0.39, 0.29) is 6.61 Å². The Hall–Kier alpha value is -1.28. The summed E-state index contributed by atoms with van der Waals surface area (Å²) >= 11 is 0. The van der Waals surface area contributed by atoms with E-state index in [2.05, 4.69) is 22.9 Å². The second-order valence-corrected chi connectivity index (χ2v) is 5.49. The Bertz CT molecular complexity index is 523. The molecule has 0 aliphatic heterocycles. The highest BCUT2D eigenvalue weighted by atomic mass is 16.3. The Balaban J connectivity index is 1.91. The maximum absolute atomic E-state index is 9.47. The van der Waals surface area contributed by atoms with Gasteiger partial charge in [-0.3, -0.25) is 0 Å². The molecule has 1 aromatic carbocycles. The molecule has 0 saturated heterocycles. The summed E-state index contributed by atoms with van der Waals surface area (Å²) in [6.07, 6.45) is 9.08. The number of hydrogen-bond donors (Lipinski definition) is 1. The number of nitrogens with zero attached hydrogens (tertiary/aromatic N) is 1. The first-order valence-electron chi connectivity index (χ1n) is 7.06. The first kappa shape index (κ1) is 11.8. The minimum atomic E-state index is 0.131. The molecular weight excluding hydrogens is 222 g/mol. The number of rotatable bonds is 3. The van der Waals surface area contributed by atoms with Gasteiger partial charge in [-0.15, -0.1) is 0 Å². The number of fused-ring (bicyclic) bond motifs is 1. The summed E-state index contributed by atoms with van der Waals surface area (Å²) in [4.78, 5) is 0. The van der Waals surface area contributed by atoms with Crippen LogP contribution in [0.2, 0.25) is 0 Å². The largest absolute Gasteiger partial charge is 0.392 e. The lowest BCUT2D eigenvalue weighted by atomic mass is 9.89. The van der Waals surface area contributed by atoms with Crippen LogP contribution < -0.4 is 0 Å². The Kier molecular flexibility index (Phi) is 3.37. The zero-order chi connectivity index (χ0) is 12.4. The number of aliphatic hydroxyl groups is 1. The Morgan fingerprint density at radius 2 is 1.94 bits per heavy atom. The zero-order valence-corrected chi connectivity index (χ0v) is 10.8. The fraction of sp³-hybridized carbons (Fsp3) is 0.500. The van der Waals surface area contributed by atoms with Crippen molar-refractivity contribution in [2.24, 2.45) is 5.92 Å². The summed E-state index contributed by atoms with van der Waals surface area (Å²) in [5.41, 5.74) is 2.28. The van der Waals surface area contributed by atoms with E-state index in [1.54, 1.807) is 0 Å². The number of aromatic nitrogens is 1. The Labute approximate surface area is 108 Å². The maximum Gasteiger partial charge on any atom is 0.0702 e. The maximum atomic E-state index is 9.47. The van der Waals surface area contributed by atoms with Gasteiger partial charge in [-0.05, 0) is 30.2 Å². The van der Waals surface area contributed by atoms with Crippen molar-refractivity contribution < 1.29 is 5.11 Å². The number of hydrogen-bond acceptors (Lipinski definition) is 1. The summed E-state index contributed by atoms with van der Waals surface area (Å²) in [5, 5.41) is 10.7. The van der Waals surface area contributed by atoms with Gasteiger partial charge in [0.1, 0.15) is 0 Å². The van der Waals surface area contributed by atoms with Crippen molar-refractivity contribution in [3.63, 3.8) is 0 Å². The van der Waals surface area contributed by atoms with Crippen molar-refractivity contribution in [3.05, 3.63) is 36.0 Å². The molecule has 2 aromatic rings. The van der Waals surface area contributed by atoms with Crippen molar-refractivity contribution in [1.82, 2.24) is 4.57 Å². The number of benzene rings is 1. The van der Waals surface area contributed by atoms with Gasteiger partial charge in [0.25, 0.3) is 0 Å². The van der Waals surface area contributed by atoms with Gasteiger partial charge in [0.15, 0.2) is 0 Å². The van der Waals surface area contributed by atoms with Gasteiger partial charge in [0, 0.05) is 18.3 Å². The molecule has 1 fully saturated rings. The van der Waals surface area contributed by atoms with Crippen LogP contribution in [0.3, 0.4) is 0 Å². The van der Waals surface area contributed by atoms with Crippen LogP contribution in [0.1, 0.15) is 37.7 Å². The van der Waals surface area contributed by atoms with Crippen LogP contribution in [0.4, 0.5) is 0 Å². The lowest BCUT2D eigenvalue weighted by molar-refractivity contribution is 0.282. The lowest BCUT2D eigenvalue weighted by Crippen LogP contribution is -2.13. The molecule has 0 bridgehead atoms. The standard InChI is InChI=1S/C16H21NO/c18-12-15-8-4-7-14-9-10-17(16(14)15)11-13-5-2-1-3-6-13/h4,7-10,13,18H,1-3,5-6,11-12H2. The predicted molar refractivity (Wildman–Crippen MR) is 74.4 cm³/mol. The molecule has 3 rings (SSSR count). The van der Waals surface area contributed by atoms with Crippen molar-refractivity contribution in [1.29, 1.82) is 0 Å². The second kappa shape index (κ2) is 5.15. The molecular formula is C16H21NO. The zero-order valence-electron chi connectivity index (χ0n) is 10.8. The SMILES string of the molecule is OCc1cccc2ccn(CC3CCCCC3)c12. The summed E-state index contributed by atoms with van der Waals surface area (Å²) in [5.74, 6) is 0.820. The summed E-state index contributed by atoms with van der Waals surface area (Å²) < 4.78 is 2.34. The van der Waals surface area contributed by atoms with Crippen LogP contribution in [-0.2, 0) is 13.2 Å². The van der Waals surface area contributed by atoms with Gasteiger partial charge in [-0.25, -0.2) is 0 Å². The van der Waals surface area contributed by atoms with Crippen LogP contribution in [0.15, 0.2) is 30.5 Å². The quantitative estimate of drug-likeness (QED) is 0.873. The topological polar surface area (TPSA) is 25.2 Å². The number of aliphatic hydroxyl groups excluding tert-OH is 1. The van der Waals surface area contributed by atoms with Crippen molar-refractivity contribution >= 4 is 10.9 Å². The highest BCUT2D eigenvalue weighted by Crippen LogP contribution is 2.28. The molecule has 96 valence electrons. The molecule has 1 aliphatic rings. The fourth-order valence-corrected chi connectivity index (χ4v) is 3.27. The molecule has 18 heavy (non-hydrogen) atoms. The molecule has 1 aliphatic carbocycles. The van der Waals surface area contributed by atoms with Crippen LogP contribution in [0, 0.1) is 5.92 Å². The van der Waals surface area contributed by atoms with E-state index < -0.39 is 0 Å². The fourth-order valence-electron chi connectivity index (χ4n) is 3.27. The third-order valence-electron chi connectivity index (χ3n) is 4.22. The van der Waals surface area contributed by atoms with Gasteiger partial charge in [0.05, 0.1) is 12.1 Å². The van der Waals surface area contributed by atoms with Crippen LogP contribution >= 0.6 is 0 Å². The molecule has 0 spiro atoms. The van der Waals surface area contributed by atoms with Gasteiger partial charge >= 0.3 is 0 Å². The van der Waals surface area contributed by atoms with Crippen LogP contribution in [0.5, 0.6) is 0 Å². The van der Waals surface area contributed by atoms with Gasteiger partial charge in [0.2, 0.25) is 0 Å². The third-order valence-corrected chi connectivity index (χ3v) is 4.22. The molecule has 0 atom stereocenters. The molecule has 1 saturated carbocycles. The van der Waals surface area contributed by atoms with Crippen molar-refractivity contribution in [3.8, 4) is 0 Å². The summed E-state index contributed by atoms with van der Waals surface area (Å²) in [6.45, 7) is 1.24. The Morgan fingerprint density at radius 1 is 1.11 bits per heavy atom. The highest BCUT2D eigenvalue weighted by Gasteiger charge is 2.15. The average Bonchev–Trinajstić information content (AvgIpc) is 2.83. The average molecular weight is 243 g/mol. The first-order valence-corrected chi connectivity index (χ1v) is 7.06.